The van der Waals surface area contributed by atoms with Crippen LogP contribution in [0.1, 0.15) is 35.3 Å². The van der Waals surface area contributed by atoms with Gasteiger partial charge >= 0.3 is 0 Å². The number of sulfonamides is 1. The summed E-state index contributed by atoms with van der Waals surface area (Å²) < 4.78 is 33.2. The average Bonchev–Trinajstić information content (AvgIpc) is 2.75. The second-order valence-corrected chi connectivity index (χ2v) is 8.99. The first kappa shape index (κ1) is 22.3. The van der Waals surface area contributed by atoms with Crippen molar-refractivity contribution in [1.29, 1.82) is 0 Å². The zero-order valence-electron chi connectivity index (χ0n) is 16.7. The number of benzene rings is 1. The van der Waals surface area contributed by atoms with Crippen molar-refractivity contribution in [2.75, 3.05) is 13.2 Å². The molecule has 2 heterocycles. The zero-order valence-corrected chi connectivity index (χ0v) is 17.5. The minimum absolute atomic E-state index is 0.196. The Morgan fingerprint density at radius 2 is 2.00 bits per heavy atom. The van der Waals surface area contributed by atoms with Crippen LogP contribution >= 0.6 is 0 Å². The Hall–Kier alpha value is -2.40. The van der Waals surface area contributed by atoms with Gasteiger partial charge < -0.3 is 15.2 Å². The molecule has 10 heteroatoms. The summed E-state index contributed by atoms with van der Waals surface area (Å²) >= 11 is 0. The first-order chi connectivity index (χ1) is 14.4. The highest BCUT2D eigenvalue weighted by Gasteiger charge is 2.32. The first-order valence-electron chi connectivity index (χ1n) is 9.78. The quantitative estimate of drug-likeness (QED) is 0.560. The third-order valence-corrected chi connectivity index (χ3v) is 6.47. The molecule has 9 nitrogen and oxygen atoms in total. The third kappa shape index (κ3) is 5.82. The lowest BCUT2D eigenvalue weighted by Gasteiger charge is -2.36. The summed E-state index contributed by atoms with van der Waals surface area (Å²) in [5.41, 5.74) is 1.18. The number of nitrogens with one attached hydrogen (secondary N) is 2. The number of hydrogen-bond donors (Lipinski definition) is 3. The van der Waals surface area contributed by atoms with Gasteiger partial charge in [0.1, 0.15) is 11.8 Å². The van der Waals surface area contributed by atoms with Gasteiger partial charge in [0.15, 0.2) is 0 Å². The summed E-state index contributed by atoms with van der Waals surface area (Å²) in [6.07, 6.45) is 5.20. The van der Waals surface area contributed by atoms with Crippen molar-refractivity contribution in [3.8, 4) is 0 Å². The van der Waals surface area contributed by atoms with E-state index in [0.717, 1.165) is 5.56 Å². The highest BCUT2D eigenvalue weighted by atomic mass is 32.2. The van der Waals surface area contributed by atoms with E-state index >= 15 is 0 Å². The normalized spacial score (nSPS) is 21.9. The van der Waals surface area contributed by atoms with Gasteiger partial charge in [0.05, 0.1) is 29.8 Å². The maximum absolute atomic E-state index is 12.4. The van der Waals surface area contributed by atoms with Gasteiger partial charge in [0.2, 0.25) is 10.0 Å². The second-order valence-electron chi connectivity index (χ2n) is 7.23. The van der Waals surface area contributed by atoms with E-state index < -0.39 is 16.1 Å². The van der Waals surface area contributed by atoms with E-state index in [-0.39, 0.29) is 41.8 Å². The Bertz CT molecular complexity index is 937. The van der Waals surface area contributed by atoms with Gasteiger partial charge in [-0.05, 0) is 38.3 Å². The summed E-state index contributed by atoms with van der Waals surface area (Å²) in [4.78, 5) is 20.3. The molecule has 1 fully saturated rings. The van der Waals surface area contributed by atoms with Crippen LogP contribution < -0.4 is 10.0 Å². The van der Waals surface area contributed by atoms with Gasteiger partial charge in [-0.3, -0.25) is 9.78 Å². The molecule has 1 amide bonds. The SMILES string of the molecule is Cc1ccc(S(=O)(=O)NCC[C@@H]2CC[C@H](NC(=O)c3cnccn3)[C@H](CO)O2)cc1. The predicted molar refractivity (Wildman–Crippen MR) is 109 cm³/mol. The molecule has 30 heavy (non-hydrogen) atoms. The number of rotatable bonds is 8. The number of ether oxygens (including phenoxy) is 1. The van der Waals surface area contributed by atoms with Crippen LogP contribution in [0.5, 0.6) is 0 Å². The van der Waals surface area contributed by atoms with Gasteiger partial charge in [0, 0.05) is 18.9 Å². The standard InChI is InChI=1S/C20H26N4O5S/c1-14-2-5-16(6-3-14)30(27,28)23-9-8-15-4-7-17(19(13-25)29-15)24-20(26)18-12-21-10-11-22-18/h2-3,5-6,10-12,15,17,19,23,25H,4,7-9,13H2,1H3,(H,24,26)/t15-,17-,19-/m0/s1. The Labute approximate surface area is 176 Å². The molecule has 1 aliphatic heterocycles. The third-order valence-electron chi connectivity index (χ3n) is 5.00. The maximum atomic E-state index is 12.4. The molecule has 0 saturated carbocycles. The van der Waals surface area contributed by atoms with Crippen molar-refractivity contribution in [2.24, 2.45) is 0 Å². The predicted octanol–water partition coefficient (Wildman–Crippen LogP) is 0.792. The van der Waals surface area contributed by atoms with Crippen molar-refractivity contribution >= 4 is 15.9 Å². The van der Waals surface area contributed by atoms with Crippen LogP contribution in [-0.4, -0.2) is 60.8 Å². The van der Waals surface area contributed by atoms with Gasteiger partial charge in [0.25, 0.3) is 5.91 Å². The molecule has 1 saturated heterocycles. The van der Waals surface area contributed by atoms with E-state index in [1.54, 1.807) is 24.3 Å². The van der Waals surface area contributed by atoms with Crippen LogP contribution in [0.2, 0.25) is 0 Å². The van der Waals surface area contributed by atoms with Crippen LogP contribution in [0.15, 0.2) is 47.8 Å². The summed E-state index contributed by atoms with van der Waals surface area (Å²) in [5, 5.41) is 12.5. The number of aryl methyl sites for hydroxylation is 1. The number of hydrogen-bond acceptors (Lipinski definition) is 7. The van der Waals surface area contributed by atoms with Gasteiger partial charge in [-0.15, -0.1) is 0 Å². The van der Waals surface area contributed by atoms with Crippen molar-refractivity contribution in [2.45, 2.75) is 49.3 Å². The fraction of sp³-hybridized carbons (Fsp3) is 0.450. The molecule has 2 aromatic rings. The Morgan fingerprint density at radius 3 is 2.67 bits per heavy atom. The Kier molecular flexibility index (Phi) is 7.48. The fourth-order valence-electron chi connectivity index (χ4n) is 3.32. The molecule has 0 radical (unpaired) electrons. The number of carbonyl (C=O) groups is 1. The molecule has 0 bridgehead atoms. The van der Waals surface area contributed by atoms with Gasteiger partial charge in [-0.2, -0.15) is 0 Å². The molecule has 1 aromatic heterocycles. The molecule has 0 spiro atoms. The van der Waals surface area contributed by atoms with Crippen molar-refractivity contribution in [3.05, 3.63) is 54.1 Å². The molecule has 1 aromatic carbocycles. The smallest absolute Gasteiger partial charge is 0.271 e. The molecule has 3 N–H and O–H groups in total. The van der Waals surface area contributed by atoms with Crippen LogP contribution in [0.25, 0.3) is 0 Å². The first-order valence-corrected chi connectivity index (χ1v) is 11.3. The zero-order chi connectivity index (χ0) is 21.6. The number of nitrogens with zero attached hydrogens (tertiary/aromatic N) is 2. The topological polar surface area (TPSA) is 131 Å². The summed E-state index contributed by atoms with van der Waals surface area (Å²) in [5.74, 6) is -0.376. The van der Waals surface area contributed by atoms with Crippen LogP contribution in [0.4, 0.5) is 0 Å². The lowest BCUT2D eigenvalue weighted by atomic mass is 9.97. The van der Waals surface area contributed by atoms with Gasteiger partial charge in [-0.25, -0.2) is 18.1 Å². The Balaban J connectivity index is 1.49. The molecule has 162 valence electrons. The molecule has 0 aliphatic carbocycles. The summed E-state index contributed by atoms with van der Waals surface area (Å²) in [6, 6.07) is 6.28. The van der Waals surface area contributed by atoms with E-state index in [1.807, 2.05) is 6.92 Å². The van der Waals surface area contributed by atoms with Crippen molar-refractivity contribution < 1.29 is 23.1 Å². The number of amides is 1. The minimum atomic E-state index is -3.58. The Morgan fingerprint density at radius 1 is 1.23 bits per heavy atom. The minimum Gasteiger partial charge on any atom is -0.394 e. The lowest BCUT2D eigenvalue weighted by Crippen LogP contribution is -2.51. The lowest BCUT2D eigenvalue weighted by molar-refractivity contribution is -0.0891. The van der Waals surface area contributed by atoms with Crippen molar-refractivity contribution in [1.82, 2.24) is 20.0 Å². The summed E-state index contributed by atoms with van der Waals surface area (Å²) in [7, 11) is -3.58. The highest BCUT2D eigenvalue weighted by molar-refractivity contribution is 7.89. The van der Waals surface area contributed by atoms with Gasteiger partial charge in [-0.1, -0.05) is 17.7 Å². The fourth-order valence-corrected chi connectivity index (χ4v) is 4.37. The van der Waals surface area contributed by atoms with E-state index in [9.17, 15) is 18.3 Å². The van der Waals surface area contributed by atoms with Crippen molar-refractivity contribution in [3.63, 3.8) is 0 Å². The summed E-state index contributed by atoms with van der Waals surface area (Å²) in [6.45, 7) is 1.86. The van der Waals surface area contributed by atoms with E-state index in [4.69, 9.17) is 4.74 Å². The van der Waals surface area contributed by atoms with Crippen LogP contribution in [-0.2, 0) is 14.8 Å². The monoisotopic (exact) mass is 434 g/mol. The number of aliphatic hydroxyl groups excluding tert-OH is 1. The van der Waals surface area contributed by atoms with Crippen LogP contribution in [0, 0.1) is 6.92 Å². The average molecular weight is 435 g/mol. The number of aromatic nitrogens is 2. The number of aliphatic hydroxyl groups is 1. The molecule has 3 atom stereocenters. The highest BCUT2D eigenvalue weighted by Crippen LogP contribution is 2.22. The second kappa shape index (κ2) is 10.1. The maximum Gasteiger partial charge on any atom is 0.271 e. The van der Waals surface area contributed by atoms with E-state index in [2.05, 4.69) is 20.0 Å². The van der Waals surface area contributed by atoms with E-state index in [0.29, 0.717) is 19.3 Å². The van der Waals surface area contributed by atoms with Crippen LogP contribution in [0.3, 0.4) is 0 Å². The largest absolute Gasteiger partial charge is 0.394 e. The molecular weight excluding hydrogens is 408 g/mol. The molecule has 1 aliphatic rings. The number of carbonyl (C=O) groups excluding carboxylic acids is 1. The molecule has 0 unspecified atom stereocenters. The molecular formula is C20H26N4O5S. The molecule has 3 rings (SSSR count). The van der Waals surface area contributed by atoms with E-state index in [1.165, 1.54) is 18.6 Å².